The number of rotatable bonds is 3. The molecular formula is C9H7F4NO3. The summed E-state index contributed by atoms with van der Waals surface area (Å²) in [4.78, 5) is 14.8. The molecule has 0 aromatic heterocycles. The molecule has 0 atom stereocenters. The summed E-state index contributed by atoms with van der Waals surface area (Å²) in [6, 6.07) is 0. The van der Waals surface area contributed by atoms with E-state index in [1.165, 1.54) is 0 Å². The van der Waals surface area contributed by atoms with Gasteiger partial charge in [-0.2, -0.15) is 0 Å². The highest BCUT2D eigenvalue weighted by Gasteiger charge is 2.29. The van der Waals surface area contributed by atoms with Crippen molar-refractivity contribution in [3.63, 3.8) is 0 Å². The molecule has 1 aromatic carbocycles. The Hall–Kier alpha value is -1.67. The second kappa shape index (κ2) is 5.11. The highest BCUT2D eigenvalue weighted by Crippen LogP contribution is 2.25. The van der Waals surface area contributed by atoms with Crippen LogP contribution >= 0.6 is 0 Å². The highest BCUT2D eigenvalue weighted by atomic mass is 19.2. The Kier molecular flexibility index (Phi) is 4.02. The Labute approximate surface area is 92.9 Å². The molecule has 17 heavy (non-hydrogen) atoms. The molecule has 0 aliphatic heterocycles. The fourth-order valence-electron chi connectivity index (χ4n) is 1.17. The third-order valence-corrected chi connectivity index (χ3v) is 1.97. The number of hydrogen-bond donors (Lipinski definition) is 1. The molecule has 0 saturated carbocycles. The Morgan fingerprint density at radius 2 is 1.59 bits per heavy atom. The molecule has 0 radical (unpaired) electrons. The van der Waals surface area contributed by atoms with Gasteiger partial charge in [-0.3, -0.25) is 4.84 Å². The topological polar surface area (TPSA) is 61.5 Å². The van der Waals surface area contributed by atoms with Crippen LogP contribution in [0.5, 0.6) is 0 Å². The van der Waals surface area contributed by atoms with Crippen LogP contribution in [0.2, 0.25) is 0 Å². The Bertz CT molecular complexity index is 435. The number of nitrogens with two attached hydrogens (primary N) is 1. The molecule has 0 bridgehead atoms. The summed E-state index contributed by atoms with van der Waals surface area (Å²) in [5, 5.41) is 0. The first kappa shape index (κ1) is 13.4. The molecule has 0 spiro atoms. The molecule has 0 saturated heterocycles. The number of benzene rings is 1. The van der Waals surface area contributed by atoms with E-state index in [4.69, 9.17) is 0 Å². The zero-order valence-electron chi connectivity index (χ0n) is 8.52. The van der Waals surface area contributed by atoms with Gasteiger partial charge in [0.05, 0.1) is 19.3 Å². The van der Waals surface area contributed by atoms with Crippen LogP contribution < -0.4 is 5.90 Å². The van der Waals surface area contributed by atoms with E-state index in [9.17, 15) is 22.4 Å². The molecule has 0 aliphatic rings. The fourth-order valence-corrected chi connectivity index (χ4v) is 1.17. The Morgan fingerprint density at radius 1 is 1.12 bits per heavy atom. The van der Waals surface area contributed by atoms with Gasteiger partial charge in [0.15, 0.2) is 23.3 Å². The van der Waals surface area contributed by atoms with Crippen LogP contribution in [0.25, 0.3) is 0 Å². The quantitative estimate of drug-likeness (QED) is 0.383. The van der Waals surface area contributed by atoms with Crippen LogP contribution in [0.3, 0.4) is 0 Å². The van der Waals surface area contributed by atoms with Crippen molar-refractivity contribution < 1.29 is 31.9 Å². The van der Waals surface area contributed by atoms with E-state index in [1.54, 1.807) is 0 Å². The van der Waals surface area contributed by atoms with Crippen molar-refractivity contribution in [1.29, 1.82) is 0 Å². The normalized spacial score (nSPS) is 10.5. The van der Waals surface area contributed by atoms with Gasteiger partial charge in [0.2, 0.25) is 0 Å². The predicted molar refractivity (Wildman–Crippen MR) is 46.6 cm³/mol. The summed E-state index contributed by atoms with van der Waals surface area (Å²) in [7, 11) is 0.813. The average Bonchev–Trinajstić information content (AvgIpc) is 2.32. The third-order valence-electron chi connectivity index (χ3n) is 1.97. The lowest BCUT2D eigenvalue weighted by Crippen LogP contribution is -2.15. The third kappa shape index (κ3) is 2.22. The average molecular weight is 253 g/mol. The van der Waals surface area contributed by atoms with E-state index < -0.39 is 47.0 Å². The fraction of sp³-hybridized carbons (Fsp3) is 0.222. The molecule has 2 N–H and O–H groups in total. The van der Waals surface area contributed by atoms with E-state index in [1.807, 2.05) is 0 Å². The van der Waals surface area contributed by atoms with E-state index >= 15 is 0 Å². The number of halogens is 4. The molecule has 1 rings (SSSR count). The van der Waals surface area contributed by atoms with Crippen molar-refractivity contribution in [1.82, 2.24) is 0 Å². The maximum Gasteiger partial charge on any atom is 0.344 e. The Balaban J connectivity index is 3.52. The van der Waals surface area contributed by atoms with E-state index in [2.05, 4.69) is 15.5 Å². The molecule has 0 amide bonds. The summed E-state index contributed by atoms with van der Waals surface area (Å²) in [6.07, 6.45) is 0. The molecule has 0 unspecified atom stereocenters. The van der Waals surface area contributed by atoms with Crippen LogP contribution in [0.4, 0.5) is 17.6 Å². The van der Waals surface area contributed by atoms with Crippen molar-refractivity contribution in [2.45, 2.75) is 6.61 Å². The van der Waals surface area contributed by atoms with Crippen molar-refractivity contribution >= 4 is 5.97 Å². The van der Waals surface area contributed by atoms with Gasteiger partial charge in [0.1, 0.15) is 5.56 Å². The lowest BCUT2D eigenvalue weighted by Gasteiger charge is -2.09. The molecule has 1 aromatic rings. The van der Waals surface area contributed by atoms with Gasteiger partial charge in [-0.25, -0.2) is 28.3 Å². The molecule has 0 fully saturated rings. The van der Waals surface area contributed by atoms with Crippen molar-refractivity contribution in [2.24, 2.45) is 5.90 Å². The van der Waals surface area contributed by atoms with Crippen LogP contribution in [0, 0.1) is 23.3 Å². The van der Waals surface area contributed by atoms with E-state index in [0.717, 1.165) is 7.11 Å². The second-order valence-electron chi connectivity index (χ2n) is 2.91. The maximum absolute atomic E-state index is 13.3. The SMILES string of the molecule is COC(=O)c1c(F)c(F)c(CON)c(F)c1F. The van der Waals surface area contributed by atoms with Crippen LogP contribution in [-0.2, 0) is 16.2 Å². The molecule has 4 nitrogen and oxygen atoms in total. The lowest BCUT2D eigenvalue weighted by molar-refractivity contribution is 0.0585. The van der Waals surface area contributed by atoms with Crippen LogP contribution in [0.1, 0.15) is 15.9 Å². The molecule has 0 aliphatic carbocycles. The second-order valence-corrected chi connectivity index (χ2v) is 2.91. The summed E-state index contributed by atoms with van der Waals surface area (Å²) in [6.45, 7) is -0.882. The van der Waals surface area contributed by atoms with E-state index in [-0.39, 0.29) is 0 Å². The van der Waals surface area contributed by atoms with Gasteiger partial charge in [-0.05, 0) is 0 Å². The van der Waals surface area contributed by atoms with Gasteiger partial charge < -0.3 is 4.74 Å². The van der Waals surface area contributed by atoms with Gasteiger partial charge in [-0.15, -0.1) is 0 Å². The smallest absolute Gasteiger partial charge is 0.344 e. The monoisotopic (exact) mass is 253 g/mol. The number of carbonyl (C=O) groups excluding carboxylic acids is 1. The number of esters is 1. The summed E-state index contributed by atoms with van der Waals surface area (Å²) >= 11 is 0. The molecular weight excluding hydrogens is 246 g/mol. The minimum atomic E-state index is -1.86. The zero-order chi connectivity index (χ0) is 13.2. The van der Waals surface area contributed by atoms with Crippen LogP contribution in [0.15, 0.2) is 0 Å². The summed E-state index contributed by atoms with van der Waals surface area (Å²) in [5.41, 5.74) is -2.49. The largest absolute Gasteiger partial charge is 0.465 e. The van der Waals surface area contributed by atoms with Crippen molar-refractivity contribution in [2.75, 3.05) is 7.11 Å². The number of hydrogen-bond acceptors (Lipinski definition) is 4. The summed E-state index contributed by atoms with van der Waals surface area (Å²) in [5.74, 6) is -4.20. The predicted octanol–water partition coefficient (Wildman–Crippen LogP) is 1.42. The molecule has 0 heterocycles. The first-order valence-electron chi connectivity index (χ1n) is 4.20. The van der Waals surface area contributed by atoms with Gasteiger partial charge in [-0.1, -0.05) is 0 Å². The van der Waals surface area contributed by atoms with Crippen LogP contribution in [-0.4, -0.2) is 13.1 Å². The minimum Gasteiger partial charge on any atom is -0.465 e. The molecule has 94 valence electrons. The number of ether oxygens (including phenoxy) is 1. The van der Waals surface area contributed by atoms with Gasteiger partial charge in [0.25, 0.3) is 0 Å². The van der Waals surface area contributed by atoms with Crippen molar-refractivity contribution in [3.05, 3.63) is 34.4 Å². The number of methoxy groups -OCH3 is 1. The maximum atomic E-state index is 13.3. The minimum absolute atomic E-state index is 0.813. The molecule has 8 heteroatoms. The highest BCUT2D eigenvalue weighted by molar-refractivity contribution is 5.90. The van der Waals surface area contributed by atoms with Crippen molar-refractivity contribution in [3.8, 4) is 0 Å². The number of carbonyl (C=O) groups is 1. The first-order valence-corrected chi connectivity index (χ1v) is 4.20. The van der Waals surface area contributed by atoms with Gasteiger partial charge in [0, 0.05) is 0 Å². The standard InChI is InChI=1S/C9H7F4NO3/c1-16-9(15)4-7(12)5(10)3(2-17-14)6(11)8(4)13/h2,14H2,1H3. The van der Waals surface area contributed by atoms with E-state index in [0.29, 0.717) is 0 Å². The first-order chi connectivity index (χ1) is 7.95. The zero-order valence-corrected chi connectivity index (χ0v) is 8.52. The summed E-state index contributed by atoms with van der Waals surface area (Å²) < 4.78 is 57.1. The Morgan fingerprint density at radius 3 is 1.94 bits per heavy atom. The lowest BCUT2D eigenvalue weighted by atomic mass is 10.1. The van der Waals surface area contributed by atoms with Gasteiger partial charge >= 0.3 is 5.97 Å².